The summed E-state index contributed by atoms with van der Waals surface area (Å²) in [5, 5.41) is 2.29. The third kappa shape index (κ3) is 3.55. The first-order valence-corrected chi connectivity index (χ1v) is 11.7. The lowest BCUT2D eigenvalue weighted by Gasteiger charge is -2.28. The van der Waals surface area contributed by atoms with Gasteiger partial charge in [-0.2, -0.15) is 0 Å². The van der Waals surface area contributed by atoms with Gasteiger partial charge in [0.05, 0.1) is 24.1 Å². The maximum Gasteiger partial charge on any atom is 0.290 e. The number of fused-ring (bicyclic) bond motifs is 4. The van der Waals surface area contributed by atoms with Gasteiger partial charge in [-0.1, -0.05) is 56.3 Å². The van der Waals surface area contributed by atoms with E-state index in [4.69, 9.17) is 9.15 Å². The lowest BCUT2D eigenvalue weighted by Crippen LogP contribution is -2.37. The van der Waals surface area contributed by atoms with Crippen LogP contribution in [0.1, 0.15) is 41.6 Å². The molecule has 6 heteroatoms. The Morgan fingerprint density at radius 1 is 0.941 bits per heavy atom. The molecule has 3 aromatic carbocycles. The molecule has 6 nitrogen and oxygen atoms in total. The average molecular weight is 457 g/mol. The Morgan fingerprint density at radius 2 is 1.68 bits per heavy atom. The predicted molar refractivity (Wildman–Crippen MR) is 134 cm³/mol. The summed E-state index contributed by atoms with van der Waals surface area (Å²) in [5.74, 6) is 0.629. The van der Waals surface area contributed by atoms with Crippen LogP contribution < -0.4 is 10.2 Å². The van der Waals surface area contributed by atoms with E-state index in [1.54, 1.807) is 18.1 Å². The van der Waals surface area contributed by atoms with Crippen LogP contribution in [0.4, 0.5) is 0 Å². The third-order valence-corrected chi connectivity index (χ3v) is 6.84. The molecule has 0 radical (unpaired) electrons. The molecule has 2 heterocycles. The summed E-state index contributed by atoms with van der Waals surface area (Å²) in [5.41, 5.74) is 1.59. The molecule has 1 aliphatic heterocycles. The zero-order valence-corrected chi connectivity index (χ0v) is 19.7. The molecule has 1 aromatic heterocycles. The van der Waals surface area contributed by atoms with Gasteiger partial charge in [0.15, 0.2) is 5.43 Å². The van der Waals surface area contributed by atoms with Crippen LogP contribution in [0.3, 0.4) is 0 Å². The van der Waals surface area contributed by atoms with Gasteiger partial charge in [0.1, 0.15) is 11.3 Å². The molecule has 0 saturated heterocycles. The molecular weight excluding hydrogens is 428 g/mol. The Hall–Kier alpha value is -3.64. The largest absolute Gasteiger partial charge is 0.497 e. The number of carbonyl (C=O) groups excluding carboxylic acids is 1. The van der Waals surface area contributed by atoms with E-state index in [1.807, 2.05) is 54.6 Å². The van der Waals surface area contributed by atoms with Crippen LogP contribution in [0.15, 0.2) is 69.9 Å². The molecular formula is C28H28N2O4. The van der Waals surface area contributed by atoms with Gasteiger partial charge in [-0.15, -0.1) is 0 Å². The van der Waals surface area contributed by atoms with Gasteiger partial charge in [0, 0.05) is 18.5 Å². The smallest absolute Gasteiger partial charge is 0.290 e. The van der Waals surface area contributed by atoms with Crippen LogP contribution in [-0.2, 0) is 0 Å². The van der Waals surface area contributed by atoms with Gasteiger partial charge < -0.3 is 19.0 Å². The molecule has 0 fully saturated rings. The van der Waals surface area contributed by atoms with Crippen molar-refractivity contribution >= 4 is 27.6 Å². The van der Waals surface area contributed by atoms with E-state index in [2.05, 4.69) is 18.7 Å². The summed E-state index contributed by atoms with van der Waals surface area (Å²) in [6, 6.07) is 18.5. The normalized spacial score (nSPS) is 15.5. The van der Waals surface area contributed by atoms with Crippen LogP contribution in [0.5, 0.6) is 5.75 Å². The number of carbonyl (C=O) groups is 1. The quantitative estimate of drug-likeness (QED) is 0.372. The van der Waals surface area contributed by atoms with Crippen LogP contribution in [0, 0.1) is 0 Å². The van der Waals surface area contributed by atoms with Crippen LogP contribution in [0.2, 0.25) is 0 Å². The van der Waals surface area contributed by atoms with Crippen LogP contribution in [-0.4, -0.2) is 49.0 Å². The Morgan fingerprint density at radius 3 is 2.38 bits per heavy atom. The lowest BCUT2D eigenvalue weighted by molar-refractivity contribution is 0.0708. The monoisotopic (exact) mass is 456 g/mol. The molecule has 0 bridgehead atoms. The fourth-order valence-corrected chi connectivity index (χ4v) is 4.90. The van der Waals surface area contributed by atoms with E-state index in [-0.39, 0.29) is 17.1 Å². The fourth-order valence-electron chi connectivity index (χ4n) is 4.90. The maximum atomic E-state index is 13.8. The number of ether oxygens (including phenoxy) is 1. The molecule has 0 saturated carbocycles. The van der Waals surface area contributed by atoms with Crippen molar-refractivity contribution in [2.75, 3.05) is 33.3 Å². The van der Waals surface area contributed by atoms with Gasteiger partial charge in [-0.3, -0.25) is 9.59 Å². The summed E-state index contributed by atoms with van der Waals surface area (Å²) >= 11 is 0. The third-order valence-electron chi connectivity index (χ3n) is 6.84. The number of hydrogen-bond acceptors (Lipinski definition) is 5. The molecule has 1 unspecified atom stereocenters. The van der Waals surface area contributed by atoms with Gasteiger partial charge in [-0.25, -0.2) is 0 Å². The standard InChI is InChI=1S/C28H28N2O4/c1-4-29(5-2)16-17-30-24(19-10-13-20(33-3)14-11-19)23-25(31)22-15-12-18-8-6-7-9-21(18)26(22)34-27(23)28(30)32/h6-15,24H,4-5,16-17H2,1-3H3. The molecule has 0 aliphatic carbocycles. The van der Waals surface area contributed by atoms with Crippen molar-refractivity contribution in [3.63, 3.8) is 0 Å². The van der Waals surface area contributed by atoms with E-state index in [0.29, 0.717) is 23.1 Å². The number of benzene rings is 3. The number of amides is 1. The highest BCUT2D eigenvalue weighted by molar-refractivity contribution is 6.06. The maximum absolute atomic E-state index is 13.8. The van der Waals surface area contributed by atoms with Crippen molar-refractivity contribution in [3.8, 4) is 5.75 Å². The SMILES string of the molecule is CCN(CC)CCN1C(=O)c2oc3c(ccc4ccccc43)c(=O)c2C1c1ccc(OC)cc1. The van der Waals surface area contributed by atoms with Gasteiger partial charge in [0.2, 0.25) is 5.76 Å². The number of methoxy groups -OCH3 is 1. The minimum absolute atomic E-state index is 0.147. The van der Waals surface area contributed by atoms with Crippen molar-refractivity contribution < 1.29 is 13.9 Å². The Kier molecular flexibility index (Phi) is 5.84. The Labute approximate surface area is 198 Å². The fraction of sp³-hybridized carbons (Fsp3) is 0.286. The first kappa shape index (κ1) is 22.2. The second kappa shape index (κ2) is 8.95. The summed E-state index contributed by atoms with van der Waals surface area (Å²) in [4.78, 5) is 31.6. The molecule has 1 amide bonds. The first-order valence-electron chi connectivity index (χ1n) is 11.7. The summed E-state index contributed by atoms with van der Waals surface area (Å²) in [6.45, 7) is 7.22. The molecule has 4 aromatic rings. The van der Waals surface area contributed by atoms with Gasteiger partial charge in [0.25, 0.3) is 5.91 Å². The van der Waals surface area contributed by atoms with Crippen molar-refractivity contribution in [2.24, 2.45) is 0 Å². The van der Waals surface area contributed by atoms with E-state index in [0.717, 1.165) is 41.7 Å². The van der Waals surface area contributed by atoms with Gasteiger partial charge in [-0.05, 0) is 42.2 Å². The summed E-state index contributed by atoms with van der Waals surface area (Å²) in [7, 11) is 1.62. The number of likely N-dealkylation sites (N-methyl/N-ethyl adjacent to an activating group) is 1. The predicted octanol–water partition coefficient (Wildman–Crippen LogP) is 4.84. The number of hydrogen-bond donors (Lipinski definition) is 0. The molecule has 0 spiro atoms. The topological polar surface area (TPSA) is 63.0 Å². The highest BCUT2D eigenvalue weighted by atomic mass is 16.5. The minimum Gasteiger partial charge on any atom is -0.497 e. The van der Waals surface area contributed by atoms with Crippen molar-refractivity contribution in [2.45, 2.75) is 19.9 Å². The average Bonchev–Trinajstić information content (AvgIpc) is 3.16. The van der Waals surface area contributed by atoms with Gasteiger partial charge >= 0.3 is 0 Å². The molecule has 0 N–H and O–H groups in total. The van der Waals surface area contributed by atoms with E-state index in [1.165, 1.54) is 0 Å². The zero-order chi connectivity index (χ0) is 23.8. The number of rotatable bonds is 7. The second-order valence-electron chi connectivity index (χ2n) is 8.54. The minimum atomic E-state index is -0.504. The van der Waals surface area contributed by atoms with E-state index in [9.17, 15) is 9.59 Å². The first-order chi connectivity index (χ1) is 16.6. The lowest BCUT2D eigenvalue weighted by atomic mass is 9.97. The molecule has 1 atom stereocenters. The second-order valence-corrected chi connectivity index (χ2v) is 8.54. The Bertz CT molecular complexity index is 1420. The van der Waals surface area contributed by atoms with E-state index >= 15 is 0 Å². The summed E-state index contributed by atoms with van der Waals surface area (Å²) < 4.78 is 11.6. The molecule has 5 rings (SSSR count). The highest BCUT2D eigenvalue weighted by Crippen LogP contribution is 2.39. The Balaban J connectivity index is 1.70. The summed E-state index contributed by atoms with van der Waals surface area (Å²) in [6.07, 6.45) is 0. The van der Waals surface area contributed by atoms with Crippen molar-refractivity contribution in [1.29, 1.82) is 0 Å². The molecule has 34 heavy (non-hydrogen) atoms. The van der Waals surface area contributed by atoms with Crippen molar-refractivity contribution in [1.82, 2.24) is 9.80 Å². The molecule has 1 aliphatic rings. The van der Waals surface area contributed by atoms with Crippen LogP contribution >= 0.6 is 0 Å². The zero-order valence-electron chi connectivity index (χ0n) is 19.7. The highest BCUT2D eigenvalue weighted by Gasteiger charge is 2.42. The molecule has 174 valence electrons. The van der Waals surface area contributed by atoms with E-state index < -0.39 is 6.04 Å². The van der Waals surface area contributed by atoms with Crippen molar-refractivity contribution in [3.05, 3.63) is 87.8 Å². The number of nitrogens with zero attached hydrogens (tertiary/aromatic N) is 2. The van der Waals surface area contributed by atoms with Crippen LogP contribution in [0.25, 0.3) is 21.7 Å².